The van der Waals surface area contributed by atoms with Gasteiger partial charge in [-0.2, -0.15) is 0 Å². The minimum absolute atomic E-state index is 0.329. The third-order valence-corrected chi connectivity index (χ3v) is 9.71. The summed E-state index contributed by atoms with van der Waals surface area (Å²) in [5, 5.41) is 4.08. The molecule has 0 amide bonds. The van der Waals surface area contributed by atoms with E-state index in [2.05, 4.69) is 39.2 Å². The lowest BCUT2D eigenvalue weighted by Gasteiger charge is -2.43. The molecule has 1 saturated heterocycles. The van der Waals surface area contributed by atoms with Crippen molar-refractivity contribution < 1.29 is 4.43 Å². The molecule has 1 aliphatic heterocycles. The number of nitrogens with one attached hydrogen (secondary N) is 1. The SMILES string of the molecule is CC(C)(C)[Si](C)(C)O[C@H]1CCC[C@@]12CCCN2. The largest absolute Gasteiger partial charge is 0.412 e. The summed E-state index contributed by atoms with van der Waals surface area (Å²) in [6.07, 6.45) is 7.06. The fraction of sp³-hybridized carbons (Fsp3) is 1.00. The molecule has 2 nitrogen and oxygen atoms in total. The van der Waals surface area contributed by atoms with Crippen LogP contribution in [0.3, 0.4) is 0 Å². The Morgan fingerprint density at radius 2 is 1.82 bits per heavy atom. The lowest BCUT2D eigenvalue weighted by atomic mass is 9.93. The molecular weight excluding hydrogens is 226 g/mol. The molecule has 1 saturated carbocycles. The zero-order chi connectivity index (χ0) is 12.7. The number of hydrogen-bond acceptors (Lipinski definition) is 2. The lowest BCUT2D eigenvalue weighted by molar-refractivity contribution is 0.106. The smallest absolute Gasteiger partial charge is 0.192 e. The van der Waals surface area contributed by atoms with Gasteiger partial charge in [-0.25, -0.2) is 0 Å². The predicted molar refractivity (Wildman–Crippen MR) is 75.9 cm³/mol. The van der Waals surface area contributed by atoms with E-state index >= 15 is 0 Å². The second kappa shape index (κ2) is 4.36. The van der Waals surface area contributed by atoms with Crippen LogP contribution in [-0.4, -0.2) is 26.5 Å². The molecule has 100 valence electrons. The quantitative estimate of drug-likeness (QED) is 0.760. The van der Waals surface area contributed by atoms with Crippen molar-refractivity contribution in [3.8, 4) is 0 Å². The fourth-order valence-corrected chi connectivity index (χ4v) is 4.47. The zero-order valence-corrected chi connectivity index (χ0v) is 13.2. The highest BCUT2D eigenvalue weighted by atomic mass is 28.4. The Bertz CT molecular complexity index is 271. The molecule has 2 fully saturated rings. The summed E-state index contributed by atoms with van der Waals surface area (Å²) in [4.78, 5) is 0. The van der Waals surface area contributed by atoms with Gasteiger partial charge in [-0.15, -0.1) is 0 Å². The topological polar surface area (TPSA) is 21.3 Å². The van der Waals surface area contributed by atoms with E-state index in [-0.39, 0.29) is 0 Å². The predicted octanol–water partition coefficient (Wildman–Crippen LogP) is 3.68. The van der Waals surface area contributed by atoms with E-state index in [0.717, 1.165) is 0 Å². The molecule has 0 aromatic rings. The van der Waals surface area contributed by atoms with Crippen LogP contribution in [0.4, 0.5) is 0 Å². The Balaban J connectivity index is 2.08. The highest BCUT2D eigenvalue weighted by molar-refractivity contribution is 6.74. The van der Waals surface area contributed by atoms with Crippen molar-refractivity contribution in [3.63, 3.8) is 0 Å². The highest BCUT2D eigenvalue weighted by Gasteiger charge is 2.49. The van der Waals surface area contributed by atoms with Gasteiger partial charge in [0.2, 0.25) is 0 Å². The average molecular weight is 255 g/mol. The van der Waals surface area contributed by atoms with E-state index < -0.39 is 8.32 Å². The van der Waals surface area contributed by atoms with Gasteiger partial charge in [0, 0.05) is 5.54 Å². The van der Waals surface area contributed by atoms with Crippen molar-refractivity contribution in [2.24, 2.45) is 0 Å². The van der Waals surface area contributed by atoms with Gasteiger partial charge in [-0.1, -0.05) is 20.8 Å². The maximum absolute atomic E-state index is 6.68. The monoisotopic (exact) mass is 255 g/mol. The molecule has 1 N–H and O–H groups in total. The normalized spacial score (nSPS) is 34.8. The Hall–Kier alpha value is 0.137. The third kappa shape index (κ3) is 2.47. The molecule has 1 aliphatic carbocycles. The van der Waals surface area contributed by atoms with Crippen LogP contribution >= 0.6 is 0 Å². The van der Waals surface area contributed by atoms with Gasteiger partial charge < -0.3 is 9.74 Å². The minimum atomic E-state index is -1.60. The maximum atomic E-state index is 6.68. The van der Waals surface area contributed by atoms with E-state index in [1.807, 2.05) is 0 Å². The average Bonchev–Trinajstić information content (AvgIpc) is 2.77. The van der Waals surface area contributed by atoms with Gasteiger partial charge in [0.15, 0.2) is 8.32 Å². The molecule has 0 unspecified atom stereocenters. The van der Waals surface area contributed by atoms with Crippen molar-refractivity contribution in [3.05, 3.63) is 0 Å². The van der Waals surface area contributed by atoms with E-state index in [0.29, 0.717) is 16.7 Å². The van der Waals surface area contributed by atoms with Crippen LogP contribution in [-0.2, 0) is 4.43 Å². The minimum Gasteiger partial charge on any atom is -0.412 e. The Morgan fingerprint density at radius 3 is 2.35 bits per heavy atom. The molecular formula is C14H29NOSi. The summed E-state index contributed by atoms with van der Waals surface area (Å²) in [7, 11) is -1.60. The fourth-order valence-electron chi connectivity index (χ4n) is 3.06. The standard InChI is InChI=1S/C14H29NOSi/c1-13(2,3)17(4,5)16-12-8-6-9-14(12)10-7-11-15-14/h12,15H,6-11H2,1-5H3/t12-,14+/m0/s1. The maximum Gasteiger partial charge on any atom is 0.192 e. The summed E-state index contributed by atoms with van der Waals surface area (Å²) in [5.41, 5.74) is 0.343. The van der Waals surface area contributed by atoms with Crippen LogP contribution in [0.1, 0.15) is 52.9 Å². The van der Waals surface area contributed by atoms with Crippen molar-refractivity contribution >= 4 is 8.32 Å². The molecule has 0 aromatic carbocycles. The zero-order valence-electron chi connectivity index (χ0n) is 12.2. The van der Waals surface area contributed by atoms with Crippen LogP contribution in [0.5, 0.6) is 0 Å². The van der Waals surface area contributed by atoms with Crippen LogP contribution in [0.25, 0.3) is 0 Å². The third-order valence-electron chi connectivity index (χ3n) is 5.23. The lowest BCUT2D eigenvalue weighted by Crippen LogP contribution is -2.54. The first kappa shape index (κ1) is 13.6. The molecule has 2 rings (SSSR count). The molecule has 2 atom stereocenters. The van der Waals surface area contributed by atoms with E-state index in [1.54, 1.807) is 0 Å². The first-order chi connectivity index (χ1) is 7.77. The summed E-state index contributed by atoms with van der Waals surface area (Å²) in [6.45, 7) is 13.0. The second-order valence-electron chi connectivity index (χ2n) is 7.45. The Kier molecular flexibility index (Phi) is 3.48. The molecule has 2 aliphatic rings. The van der Waals surface area contributed by atoms with Crippen molar-refractivity contribution in [2.75, 3.05) is 6.54 Å². The molecule has 1 spiro atoms. The van der Waals surface area contributed by atoms with Gasteiger partial charge in [0.25, 0.3) is 0 Å². The summed E-state index contributed by atoms with van der Waals surface area (Å²) in [5.74, 6) is 0. The van der Waals surface area contributed by atoms with Gasteiger partial charge in [-0.3, -0.25) is 0 Å². The van der Waals surface area contributed by atoms with Crippen LogP contribution < -0.4 is 5.32 Å². The molecule has 0 bridgehead atoms. The van der Waals surface area contributed by atoms with Crippen molar-refractivity contribution in [1.29, 1.82) is 0 Å². The summed E-state index contributed by atoms with van der Waals surface area (Å²) >= 11 is 0. The van der Waals surface area contributed by atoms with Crippen LogP contribution in [0.2, 0.25) is 18.1 Å². The van der Waals surface area contributed by atoms with E-state index in [4.69, 9.17) is 4.43 Å². The second-order valence-corrected chi connectivity index (χ2v) is 12.2. The number of rotatable bonds is 2. The van der Waals surface area contributed by atoms with Crippen LogP contribution in [0.15, 0.2) is 0 Å². The first-order valence-corrected chi connectivity index (χ1v) is 10.1. The summed E-state index contributed by atoms with van der Waals surface area (Å²) < 4.78 is 6.68. The molecule has 1 heterocycles. The van der Waals surface area contributed by atoms with Crippen molar-refractivity contribution in [1.82, 2.24) is 5.32 Å². The van der Waals surface area contributed by atoms with E-state index in [1.165, 1.54) is 38.6 Å². The van der Waals surface area contributed by atoms with Gasteiger partial charge in [-0.05, 0) is 56.8 Å². The molecule has 0 aromatic heterocycles. The van der Waals surface area contributed by atoms with Crippen molar-refractivity contribution in [2.45, 2.75) is 82.7 Å². The van der Waals surface area contributed by atoms with Gasteiger partial charge >= 0.3 is 0 Å². The molecule has 17 heavy (non-hydrogen) atoms. The van der Waals surface area contributed by atoms with E-state index in [9.17, 15) is 0 Å². The van der Waals surface area contributed by atoms with Gasteiger partial charge in [0.1, 0.15) is 0 Å². The molecule has 0 radical (unpaired) electrons. The summed E-state index contributed by atoms with van der Waals surface area (Å²) in [6, 6.07) is 0. The van der Waals surface area contributed by atoms with Gasteiger partial charge in [0.05, 0.1) is 6.10 Å². The Morgan fingerprint density at radius 1 is 1.18 bits per heavy atom. The Labute approximate surface area is 108 Å². The highest BCUT2D eigenvalue weighted by Crippen LogP contribution is 2.44. The first-order valence-electron chi connectivity index (χ1n) is 7.20. The van der Waals surface area contributed by atoms with Crippen LogP contribution in [0, 0.1) is 0 Å². The number of hydrogen-bond donors (Lipinski definition) is 1. The molecule has 3 heteroatoms.